The number of carbonyl (C=O) groups is 4. The fraction of sp³-hybridized carbons (Fsp3) is 0.951. The summed E-state index contributed by atoms with van der Waals surface area (Å²) < 4.78 is 68.7. The first kappa shape index (κ1) is 98.1. The van der Waals surface area contributed by atoms with Gasteiger partial charge in [-0.1, -0.05) is 370 Å². The fourth-order valence-corrected chi connectivity index (χ4v) is 14.0. The lowest BCUT2D eigenvalue weighted by atomic mass is 9.99. The molecule has 3 unspecified atom stereocenters. The van der Waals surface area contributed by atoms with Gasteiger partial charge in [0.1, 0.15) is 19.3 Å². The third-order valence-corrected chi connectivity index (χ3v) is 21.1. The first-order valence-electron chi connectivity index (χ1n) is 41.9. The number of aliphatic hydroxyl groups is 1. The molecule has 0 saturated heterocycles. The van der Waals surface area contributed by atoms with Crippen LogP contribution < -0.4 is 0 Å². The van der Waals surface area contributed by atoms with Crippen molar-refractivity contribution in [3.63, 3.8) is 0 Å². The highest BCUT2D eigenvalue weighted by Crippen LogP contribution is 2.45. The molecule has 0 aliphatic heterocycles. The van der Waals surface area contributed by atoms with Crippen LogP contribution in [0.5, 0.6) is 0 Å². The summed E-state index contributed by atoms with van der Waals surface area (Å²) in [5, 5.41) is 10.6. The molecule has 0 aromatic rings. The Morgan fingerprint density at radius 2 is 0.510 bits per heavy atom. The smallest absolute Gasteiger partial charge is 0.462 e. The Morgan fingerprint density at radius 3 is 0.760 bits per heavy atom. The number of phosphoric acid groups is 2. The molecule has 0 fully saturated rings. The SMILES string of the molecule is CCCCCCCCCCCCCC(=O)OC[C@H](COP(=O)(O)OC[C@H](O)COP(=O)(O)OC[C@@H](COC(=O)CCCCCCCCCCCCCCCCC(C)C)OC(=O)CCCCCCCCCCCCCCCCC(C)CC)OC(=O)CCCCCCCCCCCCCC(C)C. The molecule has 0 bridgehead atoms. The standard InChI is InChI=1S/C81H158O17P2/c1-8-10-11-12-13-14-24-34-41-48-55-62-78(83)91-68-76(98-81(86)65-58-51-44-37-30-23-26-32-39-46-53-60-73(5)6)70-95-99(87,88)93-66-75(82)67-94-100(89,90)96-71-77(69-92-79(84)63-56-49-42-35-28-21-17-15-19-25-31-38-45-52-59-72(3)4)97-80(85)64-57-50-43-36-29-22-18-16-20-27-33-40-47-54-61-74(7)9-2/h72-77,82H,8-71H2,1-7H3,(H,87,88)(H,89,90)/t74?,75-,76+,77+/m0/s1. The number of esters is 4. The van der Waals surface area contributed by atoms with Gasteiger partial charge in [0.25, 0.3) is 0 Å². The molecule has 0 aromatic heterocycles. The zero-order chi connectivity index (χ0) is 73.7. The molecule has 17 nitrogen and oxygen atoms in total. The van der Waals surface area contributed by atoms with Gasteiger partial charge >= 0.3 is 39.5 Å². The second kappa shape index (κ2) is 71.3. The van der Waals surface area contributed by atoms with Crippen molar-refractivity contribution in [1.29, 1.82) is 0 Å². The van der Waals surface area contributed by atoms with E-state index in [-0.39, 0.29) is 25.7 Å². The highest BCUT2D eigenvalue weighted by molar-refractivity contribution is 7.47. The summed E-state index contributed by atoms with van der Waals surface area (Å²) in [6, 6.07) is 0. The summed E-state index contributed by atoms with van der Waals surface area (Å²) in [6.45, 7) is 12.0. The van der Waals surface area contributed by atoms with Crippen LogP contribution in [0.2, 0.25) is 0 Å². The van der Waals surface area contributed by atoms with Gasteiger partial charge in [-0.3, -0.25) is 37.3 Å². The van der Waals surface area contributed by atoms with Crippen LogP contribution in [0.4, 0.5) is 0 Å². The van der Waals surface area contributed by atoms with Crippen molar-refractivity contribution in [2.75, 3.05) is 39.6 Å². The minimum absolute atomic E-state index is 0.107. The summed E-state index contributed by atoms with van der Waals surface area (Å²) in [4.78, 5) is 73.0. The Kier molecular flexibility index (Phi) is 69.9. The molecule has 3 N–H and O–H groups in total. The molecule has 0 aliphatic rings. The lowest BCUT2D eigenvalue weighted by molar-refractivity contribution is -0.161. The highest BCUT2D eigenvalue weighted by atomic mass is 31.2. The average Bonchev–Trinajstić information content (AvgIpc) is 0.957. The maximum atomic E-state index is 13.1. The van der Waals surface area contributed by atoms with Crippen molar-refractivity contribution in [2.24, 2.45) is 17.8 Å². The Morgan fingerprint density at radius 1 is 0.290 bits per heavy atom. The van der Waals surface area contributed by atoms with E-state index < -0.39 is 97.5 Å². The zero-order valence-electron chi connectivity index (χ0n) is 65.7. The van der Waals surface area contributed by atoms with E-state index in [1.807, 2.05) is 0 Å². The van der Waals surface area contributed by atoms with Crippen LogP contribution in [0.15, 0.2) is 0 Å². The largest absolute Gasteiger partial charge is 0.472 e. The molecule has 100 heavy (non-hydrogen) atoms. The van der Waals surface area contributed by atoms with Gasteiger partial charge in [-0.05, 0) is 43.4 Å². The first-order chi connectivity index (χ1) is 48.3. The van der Waals surface area contributed by atoms with Gasteiger partial charge in [0.15, 0.2) is 12.2 Å². The summed E-state index contributed by atoms with van der Waals surface area (Å²) in [6.07, 6.45) is 59.5. The van der Waals surface area contributed by atoms with Crippen LogP contribution in [-0.2, 0) is 65.4 Å². The lowest BCUT2D eigenvalue weighted by Gasteiger charge is -2.21. The fourth-order valence-electron chi connectivity index (χ4n) is 12.5. The van der Waals surface area contributed by atoms with Gasteiger partial charge < -0.3 is 33.8 Å². The van der Waals surface area contributed by atoms with Crippen LogP contribution in [0.25, 0.3) is 0 Å². The van der Waals surface area contributed by atoms with Gasteiger partial charge in [-0.2, -0.15) is 0 Å². The van der Waals surface area contributed by atoms with Crippen LogP contribution >= 0.6 is 15.6 Å². The van der Waals surface area contributed by atoms with E-state index in [1.165, 1.54) is 231 Å². The number of unbranched alkanes of at least 4 members (excludes halogenated alkanes) is 46. The third kappa shape index (κ3) is 73.0. The van der Waals surface area contributed by atoms with E-state index in [2.05, 4.69) is 48.5 Å². The number of phosphoric ester groups is 2. The summed E-state index contributed by atoms with van der Waals surface area (Å²) >= 11 is 0. The molecule has 0 rings (SSSR count). The molecule has 6 atom stereocenters. The van der Waals surface area contributed by atoms with Crippen molar-refractivity contribution in [3.05, 3.63) is 0 Å². The molecule has 0 radical (unpaired) electrons. The quantitative estimate of drug-likeness (QED) is 0.0222. The first-order valence-corrected chi connectivity index (χ1v) is 44.9. The molecule has 0 saturated carbocycles. The van der Waals surface area contributed by atoms with Crippen LogP contribution in [0.1, 0.15) is 421 Å². The van der Waals surface area contributed by atoms with Crippen molar-refractivity contribution in [2.45, 2.75) is 439 Å². The maximum Gasteiger partial charge on any atom is 0.472 e. The highest BCUT2D eigenvalue weighted by Gasteiger charge is 2.30. The van der Waals surface area contributed by atoms with Crippen LogP contribution in [-0.4, -0.2) is 96.7 Å². The Balaban J connectivity index is 5.26. The van der Waals surface area contributed by atoms with E-state index in [1.54, 1.807) is 0 Å². The van der Waals surface area contributed by atoms with Gasteiger partial charge in [0, 0.05) is 25.7 Å². The summed E-state index contributed by atoms with van der Waals surface area (Å²) in [5.41, 5.74) is 0. The molecule has 19 heteroatoms. The van der Waals surface area contributed by atoms with Gasteiger partial charge in [0.2, 0.25) is 0 Å². The molecular formula is C81H158O17P2. The third-order valence-electron chi connectivity index (χ3n) is 19.2. The monoisotopic (exact) mass is 1470 g/mol. The van der Waals surface area contributed by atoms with Crippen molar-refractivity contribution in [1.82, 2.24) is 0 Å². The summed E-state index contributed by atoms with van der Waals surface area (Å²) in [7, 11) is -9.92. The summed E-state index contributed by atoms with van der Waals surface area (Å²) in [5.74, 6) is 0.301. The van der Waals surface area contributed by atoms with E-state index >= 15 is 0 Å². The number of hydrogen-bond acceptors (Lipinski definition) is 15. The minimum atomic E-state index is -4.96. The Hall–Kier alpha value is -1.94. The van der Waals surface area contributed by atoms with E-state index in [9.17, 15) is 43.2 Å². The predicted octanol–water partition coefficient (Wildman–Crippen LogP) is 24.1. The lowest BCUT2D eigenvalue weighted by Crippen LogP contribution is -2.30. The molecule has 0 heterocycles. The van der Waals surface area contributed by atoms with E-state index in [0.29, 0.717) is 25.7 Å². The second-order valence-electron chi connectivity index (χ2n) is 30.4. The Labute approximate surface area is 613 Å². The van der Waals surface area contributed by atoms with Gasteiger partial charge in [0.05, 0.1) is 26.4 Å². The molecule has 594 valence electrons. The number of ether oxygens (including phenoxy) is 4. The molecule has 0 aromatic carbocycles. The topological polar surface area (TPSA) is 237 Å². The maximum absolute atomic E-state index is 13.1. The molecule has 0 aliphatic carbocycles. The zero-order valence-corrected chi connectivity index (χ0v) is 67.5. The van der Waals surface area contributed by atoms with Crippen LogP contribution in [0.3, 0.4) is 0 Å². The number of hydrogen-bond donors (Lipinski definition) is 3. The van der Waals surface area contributed by atoms with Gasteiger partial charge in [-0.25, -0.2) is 9.13 Å². The Bertz CT molecular complexity index is 1940. The average molecular weight is 1470 g/mol. The van der Waals surface area contributed by atoms with Crippen molar-refractivity contribution >= 4 is 39.5 Å². The number of rotatable bonds is 79. The number of carbonyl (C=O) groups excluding carboxylic acids is 4. The predicted molar refractivity (Wildman–Crippen MR) is 409 cm³/mol. The molecule has 0 spiro atoms. The van der Waals surface area contributed by atoms with Gasteiger partial charge in [-0.15, -0.1) is 0 Å². The normalized spacial score (nSPS) is 14.2. The molecule has 0 amide bonds. The number of aliphatic hydroxyl groups excluding tert-OH is 1. The van der Waals surface area contributed by atoms with E-state index in [4.69, 9.17) is 37.0 Å². The van der Waals surface area contributed by atoms with E-state index in [0.717, 1.165) is 108 Å². The van der Waals surface area contributed by atoms with Crippen molar-refractivity contribution in [3.8, 4) is 0 Å². The van der Waals surface area contributed by atoms with Crippen LogP contribution in [0, 0.1) is 17.8 Å². The van der Waals surface area contributed by atoms with Crippen molar-refractivity contribution < 1.29 is 80.2 Å². The second-order valence-corrected chi connectivity index (χ2v) is 33.3. The molecular weight excluding hydrogens is 1310 g/mol. The minimum Gasteiger partial charge on any atom is -0.462 e.